The van der Waals surface area contributed by atoms with Gasteiger partial charge in [0.1, 0.15) is 11.4 Å². The lowest BCUT2D eigenvalue weighted by molar-refractivity contribution is 0.0685. The molecular formula is C14H15NO3. The number of rotatable bonds is 4. The number of carboxylic acid groups (broad SMARTS) is 1. The van der Waals surface area contributed by atoms with Crippen LogP contribution in [0.1, 0.15) is 21.6 Å². The van der Waals surface area contributed by atoms with Crippen LogP contribution in [0, 0.1) is 6.92 Å². The molecule has 94 valence electrons. The van der Waals surface area contributed by atoms with E-state index >= 15 is 0 Å². The van der Waals surface area contributed by atoms with E-state index in [0.717, 1.165) is 16.9 Å². The minimum absolute atomic E-state index is 0.339. The van der Waals surface area contributed by atoms with Crippen molar-refractivity contribution in [3.63, 3.8) is 0 Å². The Morgan fingerprint density at radius 2 is 1.94 bits per heavy atom. The number of methoxy groups -OCH3 is 1. The van der Waals surface area contributed by atoms with Gasteiger partial charge in [-0.15, -0.1) is 0 Å². The summed E-state index contributed by atoms with van der Waals surface area (Å²) in [6.07, 6.45) is 1.79. The van der Waals surface area contributed by atoms with Crippen LogP contribution in [-0.2, 0) is 6.54 Å². The lowest BCUT2D eigenvalue weighted by Gasteiger charge is -2.08. The van der Waals surface area contributed by atoms with E-state index in [1.807, 2.05) is 30.3 Å². The van der Waals surface area contributed by atoms with Crippen molar-refractivity contribution in [2.45, 2.75) is 13.5 Å². The van der Waals surface area contributed by atoms with E-state index in [2.05, 4.69) is 0 Å². The van der Waals surface area contributed by atoms with Crippen molar-refractivity contribution in [2.75, 3.05) is 7.11 Å². The topological polar surface area (TPSA) is 51.5 Å². The standard InChI is InChI=1S/C14H15NO3/c1-10-7-8-15(13(10)14(16)17)9-11-3-5-12(18-2)6-4-11/h3-8H,9H2,1-2H3,(H,16,17). The number of carboxylic acids is 1. The van der Waals surface area contributed by atoms with Gasteiger partial charge < -0.3 is 14.4 Å². The van der Waals surface area contributed by atoms with Gasteiger partial charge in [0.15, 0.2) is 0 Å². The van der Waals surface area contributed by atoms with Crippen molar-refractivity contribution in [3.8, 4) is 5.75 Å². The highest BCUT2D eigenvalue weighted by Crippen LogP contribution is 2.15. The Morgan fingerprint density at radius 1 is 1.28 bits per heavy atom. The zero-order chi connectivity index (χ0) is 13.1. The molecule has 0 unspecified atom stereocenters. The lowest BCUT2D eigenvalue weighted by atomic mass is 10.2. The lowest BCUT2D eigenvalue weighted by Crippen LogP contribution is -2.09. The largest absolute Gasteiger partial charge is 0.497 e. The number of nitrogens with zero attached hydrogens (tertiary/aromatic N) is 1. The molecule has 1 aromatic carbocycles. The smallest absolute Gasteiger partial charge is 0.352 e. The highest BCUT2D eigenvalue weighted by Gasteiger charge is 2.13. The van der Waals surface area contributed by atoms with Crippen molar-refractivity contribution in [1.29, 1.82) is 0 Å². The Balaban J connectivity index is 2.25. The summed E-state index contributed by atoms with van der Waals surface area (Å²) in [5, 5.41) is 9.15. The minimum Gasteiger partial charge on any atom is -0.497 e. The van der Waals surface area contributed by atoms with E-state index in [9.17, 15) is 4.79 Å². The molecule has 0 saturated carbocycles. The summed E-state index contributed by atoms with van der Waals surface area (Å²) in [5.74, 6) is -0.105. The van der Waals surface area contributed by atoms with Crippen molar-refractivity contribution in [3.05, 3.63) is 53.3 Å². The maximum absolute atomic E-state index is 11.2. The average molecular weight is 245 g/mol. The third-order valence-electron chi connectivity index (χ3n) is 2.88. The Labute approximate surface area is 105 Å². The van der Waals surface area contributed by atoms with Gasteiger partial charge >= 0.3 is 5.97 Å². The molecule has 2 aromatic rings. The number of benzene rings is 1. The van der Waals surface area contributed by atoms with Crippen molar-refractivity contribution < 1.29 is 14.6 Å². The fourth-order valence-electron chi connectivity index (χ4n) is 1.93. The van der Waals surface area contributed by atoms with Crippen molar-refractivity contribution >= 4 is 5.97 Å². The maximum Gasteiger partial charge on any atom is 0.352 e. The second-order valence-electron chi connectivity index (χ2n) is 4.13. The number of aromatic nitrogens is 1. The molecule has 1 aromatic heterocycles. The Hall–Kier alpha value is -2.23. The molecule has 0 fully saturated rings. The SMILES string of the molecule is COc1ccc(Cn2ccc(C)c2C(=O)O)cc1. The summed E-state index contributed by atoms with van der Waals surface area (Å²) in [4.78, 5) is 11.2. The molecular weight excluding hydrogens is 230 g/mol. The van der Waals surface area contributed by atoms with Crippen LogP contribution in [0.5, 0.6) is 5.75 Å². The molecule has 0 atom stereocenters. The predicted molar refractivity (Wildman–Crippen MR) is 68.2 cm³/mol. The van der Waals surface area contributed by atoms with Gasteiger partial charge in [-0.25, -0.2) is 4.79 Å². The summed E-state index contributed by atoms with van der Waals surface area (Å²) >= 11 is 0. The van der Waals surface area contributed by atoms with E-state index < -0.39 is 5.97 Å². The first-order chi connectivity index (χ1) is 8.61. The van der Waals surface area contributed by atoms with Crippen LogP contribution >= 0.6 is 0 Å². The van der Waals surface area contributed by atoms with Crippen LogP contribution in [0.3, 0.4) is 0 Å². The number of ether oxygens (including phenoxy) is 1. The van der Waals surface area contributed by atoms with Gasteiger partial charge in [-0.05, 0) is 36.2 Å². The Bertz CT molecular complexity index is 555. The molecule has 2 rings (SSSR count). The molecule has 1 heterocycles. The molecule has 0 aliphatic heterocycles. The summed E-state index contributed by atoms with van der Waals surface area (Å²) in [6.45, 7) is 2.34. The highest BCUT2D eigenvalue weighted by atomic mass is 16.5. The van der Waals surface area contributed by atoms with Gasteiger partial charge in [0.25, 0.3) is 0 Å². The first-order valence-corrected chi connectivity index (χ1v) is 5.64. The normalized spacial score (nSPS) is 10.3. The van der Waals surface area contributed by atoms with Crippen LogP contribution < -0.4 is 4.74 Å². The summed E-state index contributed by atoms with van der Waals surface area (Å²) < 4.78 is 6.82. The summed E-state index contributed by atoms with van der Waals surface area (Å²) in [6, 6.07) is 9.41. The quantitative estimate of drug-likeness (QED) is 0.900. The molecule has 18 heavy (non-hydrogen) atoms. The first kappa shape index (κ1) is 12.2. The first-order valence-electron chi connectivity index (χ1n) is 5.64. The van der Waals surface area contributed by atoms with Gasteiger partial charge in [-0.3, -0.25) is 0 Å². The van der Waals surface area contributed by atoms with Gasteiger partial charge in [0.05, 0.1) is 7.11 Å². The third kappa shape index (κ3) is 2.37. The Kier molecular flexibility index (Phi) is 3.37. The molecule has 4 nitrogen and oxygen atoms in total. The molecule has 0 radical (unpaired) electrons. The van der Waals surface area contributed by atoms with E-state index in [1.165, 1.54) is 0 Å². The van der Waals surface area contributed by atoms with Crippen molar-refractivity contribution in [2.24, 2.45) is 0 Å². The fourth-order valence-corrected chi connectivity index (χ4v) is 1.93. The van der Waals surface area contributed by atoms with Gasteiger partial charge in [0, 0.05) is 12.7 Å². The van der Waals surface area contributed by atoms with Gasteiger partial charge in [-0.1, -0.05) is 12.1 Å². The highest BCUT2D eigenvalue weighted by molar-refractivity contribution is 5.87. The van der Waals surface area contributed by atoms with E-state index in [-0.39, 0.29) is 0 Å². The minimum atomic E-state index is -0.897. The molecule has 0 amide bonds. The zero-order valence-electron chi connectivity index (χ0n) is 10.4. The van der Waals surface area contributed by atoms with E-state index in [0.29, 0.717) is 12.2 Å². The molecule has 0 saturated heterocycles. The van der Waals surface area contributed by atoms with Gasteiger partial charge in [-0.2, -0.15) is 0 Å². The Morgan fingerprint density at radius 3 is 2.50 bits per heavy atom. The number of hydrogen-bond acceptors (Lipinski definition) is 2. The second kappa shape index (κ2) is 4.96. The average Bonchev–Trinajstić information content (AvgIpc) is 2.71. The van der Waals surface area contributed by atoms with Crippen LogP contribution in [0.25, 0.3) is 0 Å². The van der Waals surface area contributed by atoms with Crippen LogP contribution in [0.15, 0.2) is 36.5 Å². The number of aromatic carboxylic acids is 1. The summed E-state index contributed by atoms with van der Waals surface area (Å²) in [5.41, 5.74) is 2.15. The summed E-state index contributed by atoms with van der Waals surface area (Å²) in [7, 11) is 1.62. The third-order valence-corrected chi connectivity index (χ3v) is 2.88. The molecule has 0 aliphatic rings. The number of carbonyl (C=O) groups is 1. The van der Waals surface area contributed by atoms with Crippen LogP contribution in [0.2, 0.25) is 0 Å². The van der Waals surface area contributed by atoms with Gasteiger partial charge in [0.2, 0.25) is 0 Å². The monoisotopic (exact) mass is 245 g/mol. The molecule has 4 heteroatoms. The molecule has 0 bridgehead atoms. The maximum atomic E-state index is 11.2. The van der Waals surface area contributed by atoms with Crippen molar-refractivity contribution in [1.82, 2.24) is 4.57 Å². The molecule has 0 spiro atoms. The van der Waals surface area contributed by atoms with E-state index in [4.69, 9.17) is 9.84 Å². The zero-order valence-corrected chi connectivity index (χ0v) is 10.4. The predicted octanol–water partition coefficient (Wildman–Crippen LogP) is 2.55. The number of aryl methyl sites for hydroxylation is 1. The number of hydrogen-bond donors (Lipinski definition) is 1. The second-order valence-corrected chi connectivity index (χ2v) is 4.13. The fraction of sp³-hybridized carbons (Fsp3) is 0.214. The molecule has 0 aliphatic carbocycles. The van der Waals surface area contributed by atoms with E-state index in [1.54, 1.807) is 24.8 Å². The van der Waals surface area contributed by atoms with Crippen LogP contribution in [-0.4, -0.2) is 22.8 Å². The van der Waals surface area contributed by atoms with Crippen LogP contribution in [0.4, 0.5) is 0 Å². The molecule has 1 N–H and O–H groups in total.